The van der Waals surface area contributed by atoms with Gasteiger partial charge < -0.3 is 10.6 Å². The number of allylic oxidation sites excluding steroid dienone is 4. The number of amides is 1. The van der Waals surface area contributed by atoms with Crippen molar-refractivity contribution in [1.82, 2.24) is 25.1 Å². The Bertz CT molecular complexity index is 1100. The first-order valence-corrected chi connectivity index (χ1v) is 9.27. The number of anilines is 2. The molecule has 3 aromatic rings. The molecule has 7 heteroatoms. The monoisotopic (exact) mass is 374 g/mol. The zero-order valence-electron chi connectivity index (χ0n) is 15.9. The second-order valence-electron chi connectivity index (χ2n) is 6.75. The van der Waals surface area contributed by atoms with E-state index in [4.69, 9.17) is 0 Å². The molecule has 2 N–H and O–H groups in total. The summed E-state index contributed by atoms with van der Waals surface area (Å²) in [6.07, 6.45) is 12.0. The standard InChI is InChI=1S/C21H22N6O/c1-14-8-9-16(21(28)22-2)10-18(14)26-19-17-11-25-27(20(17)24-13-23-19)12-15-6-4-3-5-7-15/h4,6-11,13H,3,5,12H2,1-2H3,(H,22,28)(H,23,24,26). The molecule has 0 bridgehead atoms. The molecule has 2 heterocycles. The highest BCUT2D eigenvalue weighted by molar-refractivity contribution is 5.96. The average molecular weight is 374 g/mol. The van der Waals surface area contributed by atoms with Crippen LogP contribution in [0.15, 0.2) is 54.5 Å². The Morgan fingerprint density at radius 2 is 2.14 bits per heavy atom. The predicted molar refractivity (Wildman–Crippen MR) is 110 cm³/mol. The van der Waals surface area contributed by atoms with Crippen LogP contribution in [0.3, 0.4) is 0 Å². The lowest BCUT2D eigenvalue weighted by Gasteiger charge is -2.11. The van der Waals surface area contributed by atoms with Crippen LogP contribution >= 0.6 is 0 Å². The maximum atomic E-state index is 11.9. The van der Waals surface area contributed by atoms with Gasteiger partial charge in [0.15, 0.2) is 5.65 Å². The lowest BCUT2D eigenvalue weighted by molar-refractivity contribution is 0.0963. The number of carbonyl (C=O) groups excluding carboxylic acids is 1. The van der Waals surface area contributed by atoms with Crippen LogP contribution in [0, 0.1) is 6.92 Å². The van der Waals surface area contributed by atoms with E-state index in [0.29, 0.717) is 17.9 Å². The smallest absolute Gasteiger partial charge is 0.251 e. The summed E-state index contributed by atoms with van der Waals surface area (Å²) in [7, 11) is 1.62. The molecule has 7 nitrogen and oxygen atoms in total. The van der Waals surface area contributed by atoms with Crippen molar-refractivity contribution in [2.45, 2.75) is 26.3 Å². The Balaban J connectivity index is 1.66. The van der Waals surface area contributed by atoms with Gasteiger partial charge in [0.25, 0.3) is 5.91 Å². The quantitative estimate of drug-likeness (QED) is 0.714. The van der Waals surface area contributed by atoms with Crippen LogP contribution in [-0.4, -0.2) is 32.7 Å². The second-order valence-corrected chi connectivity index (χ2v) is 6.75. The minimum absolute atomic E-state index is 0.127. The Labute approximate surface area is 163 Å². The summed E-state index contributed by atoms with van der Waals surface area (Å²) in [6, 6.07) is 5.54. The van der Waals surface area contributed by atoms with Crippen molar-refractivity contribution >= 4 is 28.4 Å². The van der Waals surface area contributed by atoms with Crippen molar-refractivity contribution in [3.8, 4) is 0 Å². The molecule has 0 saturated carbocycles. The zero-order chi connectivity index (χ0) is 19.5. The van der Waals surface area contributed by atoms with Crippen LogP contribution < -0.4 is 10.6 Å². The molecule has 0 fully saturated rings. The molecule has 1 aliphatic rings. The number of hydrogen-bond donors (Lipinski definition) is 2. The molecule has 28 heavy (non-hydrogen) atoms. The van der Waals surface area contributed by atoms with Crippen molar-refractivity contribution in [3.05, 3.63) is 65.7 Å². The van der Waals surface area contributed by atoms with Gasteiger partial charge in [0.05, 0.1) is 18.1 Å². The van der Waals surface area contributed by atoms with Crippen molar-refractivity contribution in [2.24, 2.45) is 0 Å². The summed E-state index contributed by atoms with van der Waals surface area (Å²) >= 11 is 0. The Hall–Kier alpha value is -3.48. The van der Waals surface area contributed by atoms with Crippen LogP contribution in [0.25, 0.3) is 11.0 Å². The number of benzene rings is 1. The van der Waals surface area contributed by atoms with Gasteiger partial charge in [0, 0.05) is 18.3 Å². The molecule has 1 amide bonds. The third-order valence-corrected chi connectivity index (χ3v) is 4.82. The maximum Gasteiger partial charge on any atom is 0.251 e. The van der Waals surface area contributed by atoms with Crippen LogP contribution in [0.1, 0.15) is 28.8 Å². The van der Waals surface area contributed by atoms with Gasteiger partial charge in [-0.2, -0.15) is 5.10 Å². The highest BCUT2D eigenvalue weighted by Gasteiger charge is 2.13. The average Bonchev–Trinajstić information content (AvgIpc) is 3.13. The van der Waals surface area contributed by atoms with E-state index < -0.39 is 0 Å². The van der Waals surface area contributed by atoms with Crippen molar-refractivity contribution in [1.29, 1.82) is 0 Å². The lowest BCUT2D eigenvalue weighted by atomic mass is 10.1. The first-order valence-electron chi connectivity index (χ1n) is 9.27. The molecule has 2 aromatic heterocycles. The molecule has 0 spiro atoms. The third kappa shape index (κ3) is 3.51. The van der Waals surface area contributed by atoms with E-state index in [1.807, 2.05) is 23.7 Å². The molecule has 0 radical (unpaired) electrons. The molecule has 0 unspecified atom stereocenters. The van der Waals surface area contributed by atoms with E-state index in [2.05, 4.69) is 43.9 Å². The molecular weight excluding hydrogens is 352 g/mol. The van der Waals surface area contributed by atoms with E-state index in [1.165, 1.54) is 11.9 Å². The largest absolute Gasteiger partial charge is 0.355 e. The number of hydrogen-bond acceptors (Lipinski definition) is 5. The van der Waals surface area contributed by atoms with Gasteiger partial charge >= 0.3 is 0 Å². The Kier molecular flexibility index (Phi) is 4.89. The lowest BCUT2D eigenvalue weighted by Crippen LogP contribution is -2.17. The number of rotatable bonds is 5. The van der Waals surface area contributed by atoms with E-state index in [9.17, 15) is 4.79 Å². The Morgan fingerprint density at radius 1 is 1.25 bits per heavy atom. The summed E-state index contributed by atoms with van der Waals surface area (Å²) in [5, 5.41) is 11.3. The van der Waals surface area contributed by atoms with Crippen LogP contribution in [0.2, 0.25) is 0 Å². The van der Waals surface area contributed by atoms with Gasteiger partial charge in [-0.3, -0.25) is 4.79 Å². The topological polar surface area (TPSA) is 84.7 Å². The molecule has 142 valence electrons. The predicted octanol–water partition coefficient (Wildman–Crippen LogP) is 3.51. The van der Waals surface area contributed by atoms with E-state index in [0.717, 1.165) is 35.1 Å². The summed E-state index contributed by atoms with van der Waals surface area (Å²) in [5.74, 6) is 0.541. The van der Waals surface area contributed by atoms with Gasteiger partial charge in [0.1, 0.15) is 12.1 Å². The summed E-state index contributed by atoms with van der Waals surface area (Å²) in [6.45, 7) is 2.67. The fraction of sp³-hybridized carbons (Fsp3) is 0.238. The van der Waals surface area contributed by atoms with Crippen LogP contribution in [0.5, 0.6) is 0 Å². The normalized spacial score (nSPS) is 13.4. The molecule has 4 rings (SSSR count). The van der Waals surface area contributed by atoms with E-state index >= 15 is 0 Å². The number of aryl methyl sites for hydroxylation is 1. The highest BCUT2D eigenvalue weighted by Crippen LogP contribution is 2.26. The number of nitrogens with zero attached hydrogens (tertiary/aromatic N) is 4. The number of carbonyl (C=O) groups is 1. The van der Waals surface area contributed by atoms with E-state index in [-0.39, 0.29) is 5.91 Å². The van der Waals surface area contributed by atoms with Gasteiger partial charge in [-0.05, 0) is 43.0 Å². The maximum absolute atomic E-state index is 11.9. The molecule has 1 aliphatic carbocycles. The Morgan fingerprint density at radius 3 is 2.93 bits per heavy atom. The number of aromatic nitrogens is 4. The van der Waals surface area contributed by atoms with Crippen LogP contribution in [0.4, 0.5) is 11.5 Å². The van der Waals surface area contributed by atoms with Crippen molar-refractivity contribution < 1.29 is 4.79 Å². The van der Waals surface area contributed by atoms with Gasteiger partial charge in [0.2, 0.25) is 0 Å². The fourth-order valence-electron chi connectivity index (χ4n) is 3.24. The minimum Gasteiger partial charge on any atom is -0.355 e. The van der Waals surface area contributed by atoms with E-state index in [1.54, 1.807) is 19.3 Å². The van der Waals surface area contributed by atoms with Crippen molar-refractivity contribution in [2.75, 3.05) is 12.4 Å². The molecule has 0 aliphatic heterocycles. The fourth-order valence-corrected chi connectivity index (χ4v) is 3.24. The number of nitrogens with one attached hydrogen (secondary N) is 2. The minimum atomic E-state index is -0.127. The molecule has 1 aromatic carbocycles. The van der Waals surface area contributed by atoms with Crippen LogP contribution in [-0.2, 0) is 6.54 Å². The summed E-state index contributed by atoms with van der Waals surface area (Å²) < 4.78 is 1.89. The first-order chi connectivity index (χ1) is 13.7. The third-order valence-electron chi connectivity index (χ3n) is 4.82. The first kappa shape index (κ1) is 17.9. The SMILES string of the molecule is CNC(=O)c1ccc(C)c(Nc2ncnc3c2cnn3CC2=CCCC=C2)c1. The van der Waals surface area contributed by atoms with Crippen molar-refractivity contribution in [3.63, 3.8) is 0 Å². The molecule has 0 atom stereocenters. The van der Waals surface area contributed by atoms with Gasteiger partial charge in [-0.1, -0.05) is 24.3 Å². The van der Waals surface area contributed by atoms with Gasteiger partial charge in [-0.15, -0.1) is 0 Å². The van der Waals surface area contributed by atoms with Gasteiger partial charge in [-0.25, -0.2) is 14.6 Å². The second kappa shape index (κ2) is 7.64. The summed E-state index contributed by atoms with van der Waals surface area (Å²) in [4.78, 5) is 20.8. The molecular formula is C21H22N6O. The molecule has 0 saturated heterocycles. The summed E-state index contributed by atoms with van der Waals surface area (Å²) in [5.41, 5.74) is 4.44. The number of fused-ring (bicyclic) bond motifs is 1. The highest BCUT2D eigenvalue weighted by atomic mass is 16.1. The zero-order valence-corrected chi connectivity index (χ0v) is 15.9.